The fourth-order valence-corrected chi connectivity index (χ4v) is 2.06. The van der Waals surface area contributed by atoms with Crippen LogP contribution in [0.2, 0.25) is 0 Å². The van der Waals surface area contributed by atoms with Crippen LogP contribution < -0.4 is 5.73 Å². The number of H-pyrrole nitrogens is 1. The molecular weight excluding hydrogens is 325 g/mol. The van der Waals surface area contributed by atoms with Crippen LogP contribution in [0.3, 0.4) is 0 Å². The summed E-state index contributed by atoms with van der Waals surface area (Å²) in [6, 6.07) is 8.42. The highest BCUT2D eigenvalue weighted by Crippen LogP contribution is 2.18. The van der Waals surface area contributed by atoms with Crippen LogP contribution in [-0.4, -0.2) is 16.5 Å². The van der Waals surface area contributed by atoms with E-state index in [0.717, 1.165) is 37.3 Å². The molecule has 0 spiro atoms. The normalized spacial score (nSPS) is 10.7. The van der Waals surface area contributed by atoms with Crippen LogP contribution in [0.25, 0.3) is 11.3 Å². The van der Waals surface area contributed by atoms with Crippen molar-refractivity contribution in [3.05, 3.63) is 39.9 Å². The fraction of sp³-hybridized carbons (Fsp3) is 0.308. The van der Waals surface area contributed by atoms with Gasteiger partial charge < -0.3 is 10.7 Å². The van der Waals surface area contributed by atoms with Crippen molar-refractivity contribution in [3.63, 3.8) is 0 Å². The molecule has 3 nitrogen and oxygen atoms in total. The number of hydrogen-bond acceptors (Lipinski definition) is 2. The Morgan fingerprint density at radius 3 is 2.65 bits per heavy atom. The van der Waals surface area contributed by atoms with Crippen LogP contribution in [0.5, 0.6) is 0 Å². The summed E-state index contributed by atoms with van der Waals surface area (Å²) in [6.07, 6.45) is 5.03. The number of nitrogens with zero attached hydrogens (tertiary/aromatic N) is 1. The molecule has 0 aliphatic rings. The summed E-state index contributed by atoms with van der Waals surface area (Å²) in [5, 5.41) is 0. The molecule has 1 heterocycles. The first-order valence-corrected chi connectivity index (χ1v) is 6.87. The molecule has 17 heavy (non-hydrogen) atoms. The van der Waals surface area contributed by atoms with Gasteiger partial charge in [0.25, 0.3) is 0 Å². The van der Waals surface area contributed by atoms with Gasteiger partial charge in [0, 0.05) is 9.99 Å². The third kappa shape index (κ3) is 3.54. The predicted molar refractivity (Wildman–Crippen MR) is 78.7 cm³/mol. The van der Waals surface area contributed by atoms with Crippen molar-refractivity contribution in [3.8, 4) is 11.3 Å². The average Bonchev–Trinajstić information content (AvgIpc) is 2.79. The van der Waals surface area contributed by atoms with Crippen molar-refractivity contribution in [2.75, 3.05) is 6.54 Å². The lowest BCUT2D eigenvalue weighted by Crippen LogP contribution is -1.99. The molecule has 0 aliphatic heterocycles. The topological polar surface area (TPSA) is 54.7 Å². The Balaban J connectivity index is 2.04. The summed E-state index contributed by atoms with van der Waals surface area (Å²) in [5.41, 5.74) is 7.74. The first-order valence-electron chi connectivity index (χ1n) is 5.79. The molecule has 0 saturated heterocycles. The second kappa shape index (κ2) is 6.16. The van der Waals surface area contributed by atoms with E-state index in [0.29, 0.717) is 0 Å². The van der Waals surface area contributed by atoms with Crippen LogP contribution in [0.15, 0.2) is 30.5 Å². The van der Waals surface area contributed by atoms with Gasteiger partial charge in [0.2, 0.25) is 0 Å². The van der Waals surface area contributed by atoms with E-state index in [1.54, 1.807) is 0 Å². The molecular formula is C13H16IN3. The molecule has 90 valence electrons. The van der Waals surface area contributed by atoms with E-state index in [1.165, 1.54) is 9.13 Å². The van der Waals surface area contributed by atoms with Crippen LogP contribution >= 0.6 is 22.6 Å². The summed E-state index contributed by atoms with van der Waals surface area (Å²) < 4.78 is 1.24. The van der Waals surface area contributed by atoms with Gasteiger partial charge in [-0.05, 0) is 59.7 Å². The van der Waals surface area contributed by atoms with Gasteiger partial charge in [0.05, 0.1) is 11.9 Å². The molecule has 0 saturated carbocycles. The van der Waals surface area contributed by atoms with Gasteiger partial charge >= 0.3 is 0 Å². The maximum absolute atomic E-state index is 5.47. The number of benzene rings is 1. The molecule has 2 aromatic rings. The zero-order valence-electron chi connectivity index (χ0n) is 9.62. The monoisotopic (exact) mass is 341 g/mol. The van der Waals surface area contributed by atoms with E-state index in [1.807, 2.05) is 6.20 Å². The SMILES string of the molecule is NCCCCc1ncc(-c2ccc(I)cc2)[nH]1. The van der Waals surface area contributed by atoms with E-state index in [4.69, 9.17) is 5.73 Å². The fourth-order valence-electron chi connectivity index (χ4n) is 1.70. The van der Waals surface area contributed by atoms with Gasteiger partial charge in [0.1, 0.15) is 5.82 Å². The zero-order valence-corrected chi connectivity index (χ0v) is 11.8. The van der Waals surface area contributed by atoms with Crippen molar-refractivity contribution >= 4 is 22.6 Å². The van der Waals surface area contributed by atoms with Gasteiger partial charge in [-0.1, -0.05) is 12.1 Å². The van der Waals surface area contributed by atoms with E-state index in [2.05, 4.69) is 56.8 Å². The molecule has 2 rings (SSSR count). The van der Waals surface area contributed by atoms with Crippen LogP contribution in [-0.2, 0) is 6.42 Å². The van der Waals surface area contributed by atoms with Crippen LogP contribution in [0, 0.1) is 3.57 Å². The standard InChI is InChI=1S/C13H16IN3/c14-11-6-4-10(5-7-11)12-9-16-13(17-12)3-1-2-8-15/h4-7,9H,1-3,8,15H2,(H,16,17). The maximum atomic E-state index is 5.47. The van der Waals surface area contributed by atoms with Crippen molar-refractivity contribution in [1.29, 1.82) is 0 Å². The van der Waals surface area contributed by atoms with Crippen molar-refractivity contribution in [1.82, 2.24) is 9.97 Å². The van der Waals surface area contributed by atoms with E-state index < -0.39 is 0 Å². The highest BCUT2D eigenvalue weighted by atomic mass is 127. The summed E-state index contributed by atoms with van der Waals surface area (Å²) in [5.74, 6) is 1.05. The zero-order chi connectivity index (χ0) is 12.1. The minimum absolute atomic E-state index is 0.755. The molecule has 3 N–H and O–H groups in total. The molecule has 0 radical (unpaired) electrons. The molecule has 0 amide bonds. The molecule has 1 aromatic carbocycles. The number of unbranched alkanes of at least 4 members (excludes halogenated alkanes) is 1. The number of imidazole rings is 1. The predicted octanol–water partition coefficient (Wildman–Crippen LogP) is 2.96. The molecule has 0 atom stereocenters. The number of nitrogens with two attached hydrogens (primary N) is 1. The molecule has 4 heteroatoms. The molecule has 0 bridgehead atoms. The Labute approximate surface area is 115 Å². The summed E-state index contributed by atoms with van der Waals surface area (Å²) >= 11 is 2.31. The van der Waals surface area contributed by atoms with Gasteiger partial charge in [-0.3, -0.25) is 0 Å². The first kappa shape index (κ1) is 12.6. The van der Waals surface area contributed by atoms with E-state index in [-0.39, 0.29) is 0 Å². The third-order valence-corrected chi connectivity index (χ3v) is 3.37. The summed E-state index contributed by atoms with van der Waals surface area (Å²) in [4.78, 5) is 7.74. The van der Waals surface area contributed by atoms with Crippen molar-refractivity contribution < 1.29 is 0 Å². The average molecular weight is 341 g/mol. The summed E-state index contributed by atoms with van der Waals surface area (Å²) in [7, 11) is 0. The molecule has 0 unspecified atom stereocenters. The smallest absolute Gasteiger partial charge is 0.106 e. The molecule has 1 aromatic heterocycles. The second-order valence-corrected chi connectivity index (χ2v) is 5.24. The van der Waals surface area contributed by atoms with Crippen molar-refractivity contribution in [2.24, 2.45) is 5.73 Å². The van der Waals surface area contributed by atoms with Gasteiger partial charge in [0.15, 0.2) is 0 Å². The molecule has 0 aliphatic carbocycles. The number of aromatic nitrogens is 2. The third-order valence-electron chi connectivity index (χ3n) is 2.65. The maximum Gasteiger partial charge on any atom is 0.106 e. The van der Waals surface area contributed by atoms with Crippen LogP contribution in [0.4, 0.5) is 0 Å². The highest BCUT2D eigenvalue weighted by Gasteiger charge is 2.02. The lowest BCUT2D eigenvalue weighted by Gasteiger charge is -1.98. The largest absolute Gasteiger partial charge is 0.342 e. The quantitative estimate of drug-likeness (QED) is 0.649. The Kier molecular flexibility index (Phi) is 4.56. The Hall–Kier alpha value is -0.880. The van der Waals surface area contributed by atoms with Gasteiger partial charge in [-0.15, -0.1) is 0 Å². The van der Waals surface area contributed by atoms with Crippen LogP contribution in [0.1, 0.15) is 18.7 Å². The van der Waals surface area contributed by atoms with E-state index in [9.17, 15) is 0 Å². The number of hydrogen-bond donors (Lipinski definition) is 2. The van der Waals surface area contributed by atoms with Crippen molar-refractivity contribution in [2.45, 2.75) is 19.3 Å². The van der Waals surface area contributed by atoms with E-state index >= 15 is 0 Å². The second-order valence-electron chi connectivity index (χ2n) is 4.00. The lowest BCUT2D eigenvalue weighted by atomic mass is 10.2. The molecule has 0 fully saturated rings. The Bertz CT molecular complexity index is 462. The van der Waals surface area contributed by atoms with Gasteiger partial charge in [-0.25, -0.2) is 4.98 Å². The number of halogens is 1. The number of aromatic amines is 1. The minimum atomic E-state index is 0.755. The number of aryl methyl sites for hydroxylation is 1. The Morgan fingerprint density at radius 2 is 1.94 bits per heavy atom. The summed E-state index contributed by atoms with van der Waals surface area (Å²) in [6.45, 7) is 0.755. The number of nitrogens with one attached hydrogen (secondary N) is 1. The minimum Gasteiger partial charge on any atom is -0.342 e. The lowest BCUT2D eigenvalue weighted by molar-refractivity contribution is 0.723. The highest BCUT2D eigenvalue weighted by molar-refractivity contribution is 14.1. The van der Waals surface area contributed by atoms with Gasteiger partial charge in [-0.2, -0.15) is 0 Å². The number of rotatable bonds is 5. The Morgan fingerprint density at radius 1 is 1.18 bits per heavy atom. The first-order chi connectivity index (χ1) is 8.29.